The van der Waals surface area contributed by atoms with Gasteiger partial charge in [-0.15, -0.1) is 0 Å². The molecule has 2 unspecified atom stereocenters. The van der Waals surface area contributed by atoms with Gasteiger partial charge in [0.15, 0.2) is 0 Å². The summed E-state index contributed by atoms with van der Waals surface area (Å²) in [6, 6.07) is 6.03. The molecule has 4 heteroatoms. The summed E-state index contributed by atoms with van der Waals surface area (Å²) in [7, 11) is 1.66. The smallest absolute Gasteiger partial charge is 0.133 e. The summed E-state index contributed by atoms with van der Waals surface area (Å²) >= 11 is 3.47. The van der Waals surface area contributed by atoms with E-state index in [-0.39, 0.29) is 12.3 Å². The Bertz CT molecular complexity index is 356. The summed E-state index contributed by atoms with van der Waals surface area (Å²) in [5, 5.41) is 3.25. The predicted octanol–water partition coefficient (Wildman–Crippen LogP) is 2.46. The van der Waals surface area contributed by atoms with Crippen LogP contribution in [-0.4, -0.2) is 19.9 Å². The van der Waals surface area contributed by atoms with E-state index in [1.165, 1.54) is 5.56 Å². The fourth-order valence-electron chi connectivity index (χ4n) is 1.69. The summed E-state index contributed by atoms with van der Waals surface area (Å²) in [6.45, 7) is 2.87. The van der Waals surface area contributed by atoms with E-state index in [0.29, 0.717) is 0 Å². The Morgan fingerprint density at radius 3 is 2.87 bits per heavy atom. The van der Waals surface area contributed by atoms with Crippen LogP contribution >= 0.6 is 15.9 Å². The summed E-state index contributed by atoms with van der Waals surface area (Å²) in [6.07, 6.45) is 0.276. The van der Waals surface area contributed by atoms with Crippen molar-refractivity contribution < 1.29 is 9.47 Å². The first-order valence-electron chi connectivity index (χ1n) is 4.93. The van der Waals surface area contributed by atoms with Crippen molar-refractivity contribution in [3.8, 4) is 5.75 Å². The molecule has 0 spiro atoms. The average molecular weight is 272 g/mol. The second-order valence-electron chi connectivity index (χ2n) is 3.57. The molecule has 1 heterocycles. The number of hydrogen-bond donors (Lipinski definition) is 1. The van der Waals surface area contributed by atoms with E-state index in [0.717, 1.165) is 16.8 Å². The standard InChI is InChI=1S/C11H14BrNO2/c1-7-13-6-11(15-7)8-3-4-10(14-2)9(12)5-8/h3-5,7,11,13H,6H2,1-2H3. The summed E-state index contributed by atoms with van der Waals surface area (Å²) in [5.41, 5.74) is 1.17. The van der Waals surface area contributed by atoms with E-state index < -0.39 is 0 Å². The van der Waals surface area contributed by atoms with Crippen LogP contribution in [-0.2, 0) is 4.74 Å². The van der Waals surface area contributed by atoms with Crippen LogP contribution in [0.1, 0.15) is 18.6 Å². The van der Waals surface area contributed by atoms with Crippen molar-refractivity contribution in [3.05, 3.63) is 28.2 Å². The van der Waals surface area contributed by atoms with E-state index in [1.807, 2.05) is 25.1 Å². The Morgan fingerprint density at radius 2 is 2.33 bits per heavy atom. The van der Waals surface area contributed by atoms with Crippen molar-refractivity contribution in [1.82, 2.24) is 5.32 Å². The zero-order chi connectivity index (χ0) is 10.8. The zero-order valence-corrected chi connectivity index (χ0v) is 10.4. The van der Waals surface area contributed by atoms with Crippen molar-refractivity contribution in [2.75, 3.05) is 13.7 Å². The van der Waals surface area contributed by atoms with Crippen LogP contribution in [0.4, 0.5) is 0 Å². The van der Waals surface area contributed by atoms with Crippen LogP contribution in [0.2, 0.25) is 0 Å². The van der Waals surface area contributed by atoms with E-state index in [1.54, 1.807) is 7.11 Å². The van der Waals surface area contributed by atoms with Gasteiger partial charge in [-0.2, -0.15) is 0 Å². The molecular formula is C11H14BrNO2. The number of nitrogens with one attached hydrogen (secondary N) is 1. The van der Waals surface area contributed by atoms with Crippen molar-refractivity contribution in [1.29, 1.82) is 0 Å². The molecule has 0 aromatic heterocycles. The highest BCUT2D eigenvalue weighted by Crippen LogP contribution is 2.30. The van der Waals surface area contributed by atoms with Gasteiger partial charge in [-0.3, -0.25) is 5.32 Å². The molecule has 1 N–H and O–H groups in total. The fourth-order valence-corrected chi connectivity index (χ4v) is 2.25. The third kappa shape index (κ3) is 2.33. The van der Waals surface area contributed by atoms with Crippen molar-refractivity contribution in [3.63, 3.8) is 0 Å². The van der Waals surface area contributed by atoms with Crippen LogP contribution in [0, 0.1) is 0 Å². The number of hydrogen-bond acceptors (Lipinski definition) is 3. The minimum absolute atomic E-state index is 0.135. The molecule has 82 valence electrons. The Labute approximate surface area is 97.9 Å². The lowest BCUT2D eigenvalue weighted by molar-refractivity contribution is 0.0529. The molecule has 1 saturated heterocycles. The highest BCUT2D eigenvalue weighted by molar-refractivity contribution is 9.10. The first kappa shape index (κ1) is 10.9. The second-order valence-corrected chi connectivity index (χ2v) is 4.42. The Kier molecular flexibility index (Phi) is 3.29. The molecule has 1 aliphatic rings. The van der Waals surface area contributed by atoms with Gasteiger partial charge in [0.1, 0.15) is 12.0 Å². The molecule has 1 aliphatic heterocycles. The van der Waals surface area contributed by atoms with Gasteiger partial charge in [0, 0.05) is 6.54 Å². The topological polar surface area (TPSA) is 30.5 Å². The highest BCUT2D eigenvalue weighted by atomic mass is 79.9. The molecule has 2 atom stereocenters. The summed E-state index contributed by atoms with van der Waals surface area (Å²) in [5.74, 6) is 0.845. The monoisotopic (exact) mass is 271 g/mol. The lowest BCUT2D eigenvalue weighted by atomic mass is 10.1. The molecule has 1 fully saturated rings. The van der Waals surface area contributed by atoms with Gasteiger partial charge in [0.05, 0.1) is 17.7 Å². The van der Waals surface area contributed by atoms with Crippen LogP contribution in [0.15, 0.2) is 22.7 Å². The number of ether oxygens (including phenoxy) is 2. The van der Waals surface area contributed by atoms with Crippen LogP contribution in [0.3, 0.4) is 0 Å². The average Bonchev–Trinajstić information content (AvgIpc) is 2.65. The number of rotatable bonds is 2. The van der Waals surface area contributed by atoms with Crippen molar-refractivity contribution in [2.24, 2.45) is 0 Å². The number of halogens is 1. The maximum atomic E-state index is 5.70. The van der Waals surface area contributed by atoms with Gasteiger partial charge >= 0.3 is 0 Å². The third-order valence-electron chi connectivity index (χ3n) is 2.51. The quantitative estimate of drug-likeness (QED) is 0.897. The molecule has 1 aromatic rings. The largest absolute Gasteiger partial charge is 0.496 e. The Hall–Kier alpha value is -0.580. The first-order valence-corrected chi connectivity index (χ1v) is 5.72. The Morgan fingerprint density at radius 1 is 1.53 bits per heavy atom. The van der Waals surface area contributed by atoms with Crippen molar-refractivity contribution in [2.45, 2.75) is 19.3 Å². The van der Waals surface area contributed by atoms with Gasteiger partial charge in [-0.25, -0.2) is 0 Å². The molecule has 0 amide bonds. The molecule has 1 aromatic carbocycles. The molecule has 0 radical (unpaired) electrons. The van der Waals surface area contributed by atoms with Gasteiger partial charge in [-0.05, 0) is 40.5 Å². The first-order chi connectivity index (χ1) is 7.20. The minimum Gasteiger partial charge on any atom is -0.496 e. The number of methoxy groups -OCH3 is 1. The maximum Gasteiger partial charge on any atom is 0.133 e. The Balaban J connectivity index is 2.19. The van der Waals surface area contributed by atoms with Gasteiger partial charge in [0.2, 0.25) is 0 Å². The van der Waals surface area contributed by atoms with Gasteiger partial charge in [0.25, 0.3) is 0 Å². The predicted molar refractivity (Wildman–Crippen MR) is 62.0 cm³/mol. The molecule has 2 rings (SSSR count). The van der Waals surface area contributed by atoms with Crippen LogP contribution in [0.5, 0.6) is 5.75 Å². The fraction of sp³-hybridized carbons (Fsp3) is 0.455. The normalized spacial score (nSPS) is 25.5. The molecule has 3 nitrogen and oxygen atoms in total. The van der Waals surface area contributed by atoms with E-state index >= 15 is 0 Å². The van der Waals surface area contributed by atoms with E-state index in [2.05, 4.69) is 21.2 Å². The maximum absolute atomic E-state index is 5.70. The number of benzene rings is 1. The van der Waals surface area contributed by atoms with Gasteiger partial charge in [-0.1, -0.05) is 6.07 Å². The van der Waals surface area contributed by atoms with Crippen LogP contribution < -0.4 is 10.1 Å². The van der Waals surface area contributed by atoms with E-state index in [9.17, 15) is 0 Å². The SMILES string of the molecule is COc1ccc(C2CNC(C)O2)cc1Br. The molecule has 0 aliphatic carbocycles. The molecule has 15 heavy (non-hydrogen) atoms. The lowest BCUT2D eigenvalue weighted by Gasteiger charge is -2.12. The molecule has 0 saturated carbocycles. The van der Waals surface area contributed by atoms with Crippen molar-refractivity contribution >= 4 is 15.9 Å². The molecule has 0 bridgehead atoms. The summed E-state index contributed by atoms with van der Waals surface area (Å²) in [4.78, 5) is 0. The third-order valence-corrected chi connectivity index (χ3v) is 3.13. The van der Waals surface area contributed by atoms with E-state index in [4.69, 9.17) is 9.47 Å². The van der Waals surface area contributed by atoms with Crippen LogP contribution in [0.25, 0.3) is 0 Å². The second kappa shape index (κ2) is 4.51. The summed E-state index contributed by atoms with van der Waals surface area (Å²) < 4.78 is 11.8. The highest BCUT2D eigenvalue weighted by Gasteiger charge is 2.22. The zero-order valence-electron chi connectivity index (χ0n) is 8.79. The van der Waals surface area contributed by atoms with Gasteiger partial charge < -0.3 is 9.47 Å². The minimum atomic E-state index is 0.135. The lowest BCUT2D eigenvalue weighted by Crippen LogP contribution is -2.17. The molecular weight excluding hydrogens is 258 g/mol.